The molecule has 0 bridgehead atoms. The van der Waals surface area contributed by atoms with Crippen LogP contribution in [0.25, 0.3) is 0 Å². The summed E-state index contributed by atoms with van der Waals surface area (Å²) in [6, 6.07) is 14.5. The van der Waals surface area contributed by atoms with Gasteiger partial charge in [0.15, 0.2) is 0 Å². The molecule has 2 aromatic carbocycles. The van der Waals surface area contributed by atoms with E-state index in [1.165, 1.54) is 12.1 Å². The van der Waals surface area contributed by atoms with Gasteiger partial charge in [0, 0.05) is 12.0 Å². The molecule has 1 unspecified atom stereocenters. The van der Waals surface area contributed by atoms with Crippen molar-refractivity contribution in [2.45, 2.75) is 6.18 Å². The molecule has 97 valence electrons. The van der Waals surface area contributed by atoms with E-state index in [-0.39, 0.29) is 5.30 Å². The van der Waals surface area contributed by atoms with Crippen molar-refractivity contribution in [2.24, 2.45) is 0 Å². The van der Waals surface area contributed by atoms with Crippen LogP contribution < -0.4 is 10.6 Å². The van der Waals surface area contributed by atoms with E-state index in [0.29, 0.717) is 0 Å². The number of halogens is 3. The topological polar surface area (TPSA) is 0 Å². The molecular formula is C14H12BF3P. The highest BCUT2D eigenvalue weighted by Crippen LogP contribution is 2.50. The van der Waals surface area contributed by atoms with Gasteiger partial charge in [-0.25, -0.2) is 0 Å². The van der Waals surface area contributed by atoms with Crippen molar-refractivity contribution in [3.63, 3.8) is 0 Å². The lowest BCUT2D eigenvalue weighted by atomic mass is 10.2. The van der Waals surface area contributed by atoms with Crippen molar-refractivity contribution in [1.82, 2.24) is 0 Å². The van der Waals surface area contributed by atoms with E-state index in [1.54, 1.807) is 37.0 Å². The molecule has 0 aliphatic rings. The first-order valence-electron chi connectivity index (χ1n) is 5.71. The fourth-order valence-electron chi connectivity index (χ4n) is 2.00. The lowest BCUT2D eigenvalue weighted by Gasteiger charge is -2.34. The van der Waals surface area contributed by atoms with Crippen LogP contribution in [0, 0.1) is 0 Å². The molecule has 5 heteroatoms. The van der Waals surface area contributed by atoms with E-state index in [2.05, 4.69) is 0 Å². The van der Waals surface area contributed by atoms with Crippen molar-refractivity contribution in [2.75, 3.05) is 6.66 Å². The van der Waals surface area contributed by atoms with Crippen molar-refractivity contribution in [3.05, 3.63) is 60.2 Å². The summed E-state index contributed by atoms with van der Waals surface area (Å²) in [6.45, 7) is 1.70. The molecule has 2 aromatic rings. The summed E-state index contributed by atoms with van der Waals surface area (Å²) in [7, 11) is 3.77. The lowest BCUT2D eigenvalue weighted by molar-refractivity contribution is -0.136. The minimum Gasteiger partial charge on any atom is -0.292 e. The molecule has 0 spiro atoms. The van der Waals surface area contributed by atoms with Gasteiger partial charge < -0.3 is 0 Å². The molecular weight excluding hydrogens is 267 g/mol. The summed E-state index contributed by atoms with van der Waals surface area (Å²) in [4.78, 5) is 0. The molecule has 0 nitrogen and oxygen atoms in total. The first-order chi connectivity index (χ1) is 8.83. The van der Waals surface area contributed by atoms with Gasteiger partial charge in [-0.2, -0.15) is 20.3 Å². The zero-order valence-electron chi connectivity index (χ0n) is 10.4. The Hall–Kier alpha value is -1.28. The Morgan fingerprint density at radius 2 is 1.42 bits per heavy atom. The highest BCUT2D eigenvalue weighted by Gasteiger charge is 2.37. The Bertz CT molecular complexity index is 564. The molecule has 0 N–H and O–H groups in total. The van der Waals surface area contributed by atoms with Crippen LogP contribution in [0.2, 0.25) is 0 Å². The largest absolute Gasteiger partial charge is 0.420 e. The minimum atomic E-state index is -4.38. The summed E-state index contributed by atoms with van der Waals surface area (Å²) in [6.07, 6.45) is -4.38. The standard InChI is InChI=1S/C14H12BF3P/c1-19(15,11-7-3-2-4-8-11)13-10-6-5-9-12(13)14(16,17)18/h2-10H,1H3. The molecule has 3 radical (unpaired) electrons. The molecule has 0 saturated heterocycles. The van der Waals surface area contributed by atoms with Gasteiger partial charge in [-0.3, -0.25) is 7.57 Å². The first kappa shape index (κ1) is 14.1. The van der Waals surface area contributed by atoms with E-state index >= 15 is 0 Å². The zero-order chi connectivity index (χ0) is 14.1. The van der Waals surface area contributed by atoms with Crippen LogP contribution in [-0.4, -0.2) is 14.2 Å². The van der Waals surface area contributed by atoms with Gasteiger partial charge in [0.2, 0.25) is 0 Å². The van der Waals surface area contributed by atoms with Gasteiger partial charge in [-0.15, -0.1) is 0 Å². The normalized spacial score (nSPS) is 15.0. The van der Waals surface area contributed by atoms with E-state index < -0.39 is 18.9 Å². The smallest absolute Gasteiger partial charge is 0.292 e. The SMILES string of the molecule is [B-][P+](C)(c1ccccc1)c1ccccc1C(F)(F)F. The average Bonchev–Trinajstić information content (AvgIpc) is 2.39. The number of benzene rings is 2. The van der Waals surface area contributed by atoms with Gasteiger partial charge in [-0.1, -0.05) is 30.3 Å². The molecule has 1 atom stereocenters. The second kappa shape index (κ2) is 5.01. The number of hydrogen-bond donors (Lipinski definition) is 0. The number of alkyl halides is 3. The van der Waals surface area contributed by atoms with Crippen molar-refractivity contribution < 1.29 is 13.2 Å². The van der Waals surface area contributed by atoms with Crippen LogP contribution in [0.15, 0.2) is 54.6 Å². The Kier molecular flexibility index (Phi) is 3.73. The summed E-state index contributed by atoms with van der Waals surface area (Å²) < 4.78 is 39.2. The van der Waals surface area contributed by atoms with E-state index in [1.807, 2.05) is 6.07 Å². The molecule has 0 aliphatic heterocycles. The minimum absolute atomic E-state index is 0.189. The van der Waals surface area contributed by atoms with Crippen LogP contribution in [-0.2, 0) is 6.18 Å². The second-order valence-corrected chi connectivity index (χ2v) is 7.57. The molecule has 0 saturated carbocycles. The maximum Gasteiger partial charge on any atom is 0.420 e. The quantitative estimate of drug-likeness (QED) is 0.584. The highest BCUT2D eigenvalue weighted by atomic mass is 31.2. The monoisotopic (exact) mass is 279 g/mol. The first-order valence-corrected chi connectivity index (χ1v) is 8.01. The predicted octanol–water partition coefficient (Wildman–Crippen LogP) is 3.39. The summed E-state index contributed by atoms with van der Waals surface area (Å²) in [5.41, 5.74) is -0.641. The van der Waals surface area contributed by atoms with Crippen LogP contribution in [0.4, 0.5) is 13.2 Å². The number of rotatable bonds is 2. The van der Waals surface area contributed by atoms with Crippen molar-refractivity contribution in [3.8, 4) is 0 Å². The van der Waals surface area contributed by atoms with E-state index in [0.717, 1.165) is 11.4 Å². The molecule has 2 rings (SSSR count). The zero-order valence-corrected chi connectivity index (χ0v) is 11.2. The van der Waals surface area contributed by atoms with Gasteiger partial charge >= 0.3 is 6.18 Å². The molecule has 19 heavy (non-hydrogen) atoms. The third-order valence-corrected chi connectivity index (χ3v) is 5.76. The Morgan fingerprint density at radius 1 is 0.895 bits per heavy atom. The van der Waals surface area contributed by atoms with E-state index in [9.17, 15) is 13.2 Å². The van der Waals surface area contributed by atoms with Crippen molar-refractivity contribution >= 4 is 25.3 Å². The summed E-state index contributed by atoms with van der Waals surface area (Å²) >= 11 is 0. The fourth-order valence-corrected chi connectivity index (χ4v) is 4.16. The van der Waals surface area contributed by atoms with Gasteiger partial charge in [-0.05, 0) is 24.3 Å². The fraction of sp³-hybridized carbons (Fsp3) is 0.143. The predicted molar refractivity (Wildman–Crippen MR) is 75.8 cm³/mol. The van der Waals surface area contributed by atoms with Crippen LogP contribution in [0.3, 0.4) is 0 Å². The Morgan fingerprint density at radius 3 is 2.00 bits per heavy atom. The maximum atomic E-state index is 13.1. The summed E-state index contributed by atoms with van der Waals surface area (Å²) in [5, 5.41) is 0.945. The third-order valence-electron chi connectivity index (χ3n) is 3.00. The van der Waals surface area contributed by atoms with Crippen LogP contribution >= 0.6 is 7.14 Å². The highest BCUT2D eigenvalue weighted by molar-refractivity contribution is 8.08. The van der Waals surface area contributed by atoms with Crippen molar-refractivity contribution in [1.29, 1.82) is 0 Å². The lowest BCUT2D eigenvalue weighted by Crippen LogP contribution is -2.28. The van der Waals surface area contributed by atoms with E-state index in [4.69, 9.17) is 7.57 Å². The molecule has 0 aromatic heterocycles. The molecule has 0 fully saturated rings. The Balaban J connectivity index is 2.59. The van der Waals surface area contributed by atoms with Gasteiger partial charge in [0.25, 0.3) is 0 Å². The number of hydrogen-bond acceptors (Lipinski definition) is 0. The second-order valence-electron chi connectivity index (χ2n) is 4.43. The third kappa shape index (κ3) is 2.84. The molecule has 0 amide bonds. The molecule has 0 aliphatic carbocycles. The van der Waals surface area contributed by atoms with Gasteiger partial charge in [0.1, 0.15) is 0 Å². The van der Waals surface area contributed by atoms with Crippen LogP contribution in [0.5, 0.6) is 0 Å². The maximum absolute atomic E-state index is 13.1. The Labute approximate surface area is 112 Å². The average molecular weight is 279 g/mol. The van der Waals surface area contributed by atoms with Crippen LogP contribution in [0.1, 0.15) is 5.56 Å². The summed E-state index contributed by atoms with van der Waals surface area (Å²) in [5.74, 6) is 0. The molecule has 0 heterocycles. The van der Waals surface area contributed by atoms with Gasteiger partial charge in [0.05, 0.1) is 10.9 Å².